The molecule has 78 valence electrons. The third-order valence-corrected chi connectivity index (χ3v) is 1.90. The van der Waals surface area contributed by atoms with Gasteiger partial charge in [0.25, 0.3) is 0 Å². The zero-order valence-corrected chi connectivity index (χ0v) is 8.19. The molecule has 0 fully saturated rings. The van der Waals surface area contributed by atoms with Crippen LogP contribution in [0.15, 0.2) is 0 Å². The van der Waals surface area contributed by atoms with Crippen molar-refractivity contribution in [2.45, 2.75) is 32.2 Å². The molecule has 0 spiro atoms. The molecule has 14 heavy (non-hydrogen) atoms. The molecular weight excluding hydrogens is 182 g/mol. The highest BCUT2D eigenvalue weighted by Gasteiger charge is 2.27. The lowest BCUT2D eigenvalue weighted by Crippen LogP contribution is -2.36. The van der Waals surface area contributed by atoms with E-state index in [0.29, 0.717) is 12.8 Å². The maximum atomic E-state index is 11.3. The third kappa shape index (κ3) is 4.06. The van der Waals surface area contributed by atoms with Crippen LogP contribution in [-0.2, 0) is 9.59 Å². The van der Waals surface area contributed by atoms with E-state index in [4.69, 9.17) is 17.3 Å². The molecule has 3 N–H and O–H groups in total. The van der Waals surface area contributed by atoms with Crippen molar-refractivity contribution < 1.29 is 14.7 Å². The first-order valence-corrected chi connectivity index (χ1v) is 4.46. The van der Waals surface area contributed by atoms with Gasteiger partial charge in [-0.05, 0) is 19.8 Å². The number of carbonyl (C=O) groups excluding carboxylic acids is 1. The number of rotatable bonds is 6. The molecule has 0 saturated heterocycles. The van der Waals surface area contributed by atoms with Gasteiger partial charge in [0.2, 0.25) is 0 Å². The Morgan fingerprint density at radius 1 is 1.57 bits per heavy atom. The Kier molecular flexibility index (Phi) is 5.58. The fraction of sp³-hybridized carbons (Fsp3) is 0.600. The second-order valence-electron chi connectivity index (χ2n) is 3.18. The maximum Gasteiger partial charge on any atom is 0.314 e. The molecule has 0 bridgehead atoms. The van der Waals surface area contributed by atoms with Crippen molar-refractivity contribution in [2.24, 2.45) is 11.7 Å². The Labute approximate surface area is 83.5 Å². The lowest BCUT2D eigenvalue weighted by Gasteiger charge is -2.12. The van der Waals surface area contributed by atoms with Crippen LogP contribution in [0.25, 0.3) is 0 Å². The lowest BCUT2D eigenvalue weighted by molar-refractivity contribution is -0.146. The molecule has 0 aromatic rings. The number of carboxylic acid groups (broad SMARTS) is 1. The average Bonchev–Trinajstić information content (AvgIpc) is 2.10. The summed E-state index contributed by atoms with van der Waals surface area (Å²) < 4.78 is 0. The van der Waals surface area contributed by atoms with Crippen LogP contribution in [0.1, 0.15) is 26.2 Å². The van der Waals surface area contributed by atoms with E-state index < -0.39 is 23.7 Å². The highest BCUT2D eigenvalue weighted by Crippen LogP contribution is 2.11. The standard InChI is InChI=1S/C10H15NO3/c1-3-4-5-6-8(10(13)14)9(12)7(2)11/h1,7-8H,4-6,11H2,2H3,(H,13,14)/t7-,8?/m0/s1. The summed E-state index contributed by atoms with van der Waals surface area (Å²) in [5, 5.41) is 8.76. The van der Waals surface area contributed by atoms with Gasteiger partial charge in [-0.15, -0.1) is 12.3 Å². The second-order valence-corrected chi connectivity index (χ2v) is 3.18. The van der Waals surface area contributed by atoms with Crippen LogP contribution in [0.4, 0.5) is 0 Å². The van der Waals surface area contributed by atoms with Crippen molar-refractivity contribution in [1.29, 1.82) is 0 Å². The minimum absolute atomic E-state index is 0.264. The smallest absolute Gasteiger partial charge is 0.314 e. The summed E-state index contributed by atoms with van der Waals surface area (Å²) in [6.07, 6.45) is 6.30. The molecular formula is C10H15NO3. The number of ketones is 1. The number of carbonyl (C=O) groups is 2. The molecule has 0 radical (unpaired) electrons. The molecule has 0 aliphatic rings. The fourth-order valence-electron chi connectivity index (χ4n) is 1.11. The molecule has 1 unspecified atom stereocenters. The predicted octanol–water partition coefficient (Wildman–Crippen LogP) is 0.407. The van der Waals surface area contributed by atoms with Crippen LogP contribution in [0.2, 0.25) is 0 Å². The summed E-state index contributed by atoms with van der Waals surface area (Å²) in [6, 6.07) is -0.734. The predicted molar refractivity (Wildman–Crippen MR) is 52.5 cm³/mol. The number of hydrogen-bond donors (Lipinski definition) is 2. The molecule has 4 nitrogen and oxygen atoms in total. The zero-order valence-electron chi connectivity index (χ0n) is 8.19. The van der Waals surface area contributed by atoms with E-state index in [9.17, 15) is 9.59 Å². The fourth-order valence-corrected chi connectivity index (χ4v) is 1.11. The van der Waals surface area contributed by atoms with Crippen molar-refractivity contribution in [3.63, 3.8) is 0 Å². The first kappa shape index (κ1) is 12.7. The molecule has 4 heteroatoms. The topological polar surface area (TPSA) is 80.4 Å². The second kappa shape index (κ2) is 6.17. The van der Waals surface area contributed by atoms with Gasteiger partial charge in [-0.3, -0.25) is 9.59 Å². The van der Waals surface area contributed by atoms with Crippen molar-refractivity contribution >= 4 is 11.8 Å². The van der Waals surface area contributed by atoms with E-state index in [1.165, 1.54) is 6.92 Å². The first-order valence-electron chi connectivity index (χ1n) is 4.46. The van der Waals surface area contributed by atoms with Crippen molar-refractivity contribution in [3.8, 4) is 12.3 Å². The van der Waals surface area contributed by atoms with Gasteiger partial charge in [0.05, 0.1) is 6.04 Å². The minimum Gasteiger partial charge on any atom is -0.481 e. The van der Waals surface area contributed by atoms with Crippen molar-refractivity contribution in [3.05, 3.63) is 0 Å². The number of aliphatic carboxylic acids is 1. The summed E-state index contributed by atoms with van der Waals surface area (Å²) >= 11 is 0. The average molecular weight is 197 g/mol. The molecule has 0 heterocycles. The largest absolute Gasteiger partial charge is 0.481 e. The zero-order chi connectivity index (χ0) is 11.1. The van der Waals surface area contributed by atoms with E-state index in [2.05, 4.69) is 5.92 Å². The van der Waals surface area contributed by atoms with Crippen LogP contribution in [-0.4, -0.2) is 22.9 Å². The highest BCUT2D eigenvalue weighted by molar-refractivity contribution is 6.00. The van der Waals surface area contributed by atoms with Gasteiger partial charge in [0.15, 0.2) is 5.78 Å². The number of terminal acetylenes is 1. The van der Waals surface area contributed by atoms with E-state index in [0.717, 1.165) is 0 Å². The molecule has 0 aromatic carbocycles. The van der Waals surface area contributed by atoms with E-state index in [1.807, 2.05) is 0 Å². The third-order valence-electron chi connectivity index (χ3n) is 1.90. The number of nitrogens with two attached hydrogens (primary N) is 1. The van der Waals surface area contributed by atoms with Crippen LogP contribution in [0.3, 0.4) is 0 Å². The summed E-state index contributed by atoms with van der Waals surface area (Å²) in [4.78, 5) is 22.0. The SMILES string of the molecule is C#CCCCC(C(=O)O)C(=O)[C@H](C)N. The van der Waals surface area contributed by atoms with Gasteiger partial charge in [0, 0.05) is 6.42 Å². The van der Waals surface area contributed by atoms with Crippen molar-refractivity contribution in [2.75, 3.05) is 0 Å². The van der Waals surface area contributed by atoms with Gasteiger partial charge < -0.3 is 10.8 Å². The minimum atomic E-state index is -1.12. The highest BCUT2D eigenvalue weighted by atomic mass is 16.4. The van der Waals surface area contributed by atoms with E-state index in [1.54, 1.807) is 0 Å². The monoisotopic (exact) mass is 197 g/mol. The number of Topliss-reactive ketones (excluding diaryl/α,β-unsaturated/α-hetero) is 1. The van der Waals surface area contributed by atoms with Gasteiger partial charge in [-0.25, -0.2) is 0 Å². The Morgan fingerprint density at radius 3 is 2.50 bits per heavy atom. The summed E-state index contributed by atoms with van der Waals surface area (Å²) in [7, 11) is 0. The normalized spacial score (nSPS) is 14.1. The molecule has 2 atom stereocenters. The summed E-state index contributed by atoms with van der Waals surface area (Å²) in [5.74, 6) is -0.173. The first-order chi connectivity index (χ1) is 6.50. The van der Waals surface area contributed by atoms with Gasteiger partial charge >= 0.3 is 5.97 Å². The van der Waals surface area contributed by atoms with Crippen LogP contribution < -0.4 is 5.73 Å². The van der Waals surface area contributed by atoms with E-state index >= 15 is 0 Å². The van der Waals surface area contributed by atoms with Gasteiger partial charge in [-0.2, -0.15) is 0 Å². The van der Waals surface area contributed by atoms with E-state index in [-0.39, 0.29) is 6.42 Å². The van der Waals surface area contributed by atoms with Gasteiger partial charge in [0.1, 0.15) is 5.92 Å². The summed E-state index contributed by atoms with van der Waals surface area (Å²) in [6.45, 7) is 1.49. The Bertz CT molecular complexity index is 253. The Balaban J connectivity index is 4.24. The quantitative estimate of drug-likeness (QED) is 0.367. The Morgan fingerprint density at radius 2 is 2.14 bits per heavy atom. The van der Waals surface area contributed by atoms with Crippen LogP contribution in [0, 0.1) is 18.3 Å². The molecule has 0 aliphatic carbocycles. The number of carboxylic acids is 1. The Hall–Kier alpha value is -1.34. The molecule has 0 amide bonds. The number of hydrogen-bond acceptors (Lipinski definition) is 3. The van der Waals surface area contributed by atoms with Crippen molar-refractivity contribution in [1.82, 2.24) is 0 Å². The lowest BCUT2D eigenvalue weighted by atomic mass is 9.94. The van der Waals surface area contributed by atoms with Gasteiger partial charge in [-0.1, -0.05) is 0 Å². The van der Waals surface area contributed by atoms with Crippen LogP contribution in [0.5, 0.6) is 0 Å². The summed E-state index contributed by atoms with van der Waals surface area (Å²) in [5.41, 5.74) is 5.33. The molecule has 0 rings (SSSR count). The van der Waals surface area contributed by atoms with Crippen LogP contribution >= 0.6 is 0 Å². The maximum absolute atomic E-state index is 11.3. The number of unbranched alkanes of at least 4 members (excludes halogenated alkanes) is 1. The molecule has 0 aliphatic heterocycles. The molecule has 0 saturated carbocycles. The molecule has 0 aromatic heterocycles.